The first-order valence-corrected chi connectivity index (χ1v) is 19.4. The molecule has 2 nitrogen and oxygen atoms in total. The minimum Gasteiger partial charge on any atom is -0.309 e. The first-order valence-electron chi connectivity index (χ1n) is 19.4. The molecule has 0 N–H and O–H groups in total. The Bertz CT molecular complexity index is 3030. The van der Waals surface area contributed by atoms with Gasteiger partial charge in [0.1, 0.15) is 0 Å². The quantitative estimate of drug-likeness (QED) is 0.166. The summed E-state index contributed by atoms with van der Waals surface area (Å²) in [6.07, 6.45) is 0. The number of aryl methyl sites for hydroxylation is 1. The molecule has 0 saturated heterocycles. The van der Waals surface area contributed by atoms with E-state index in [1.54, 1.807) is 0 Å². The van der Waals surface area contributed by atoms with Crippen molar-refractivity contribution in [2.75, 3.05) is 4.90 Å². The molecule has 0 unspecified atom stereocenters. The molecule has 9 aromatic carbocycles. The van der Waals surface area contributed by atoms with Gasteiger partial charge in [0.2, 0.25) is 0 Å². The second-order valence-electron chi connectivity index (χ2n) is 14.9. The van der Waals surface area contributed by atoms with Gasteiger partial charge in [-0.2, -0.15) is 0 Å². The molecule has 56 heavy (non-hydrogen) atoms. The topological polar surface area (TPSA) is 8.17 Å². The van der Waals surface area contributed by atoms with E-state index in [0.29, 0.717) is 0 Å². The van der Waals surface area contributed by atoms with Gasteiger partial charge in [-0.15, -0.1) is 0 Å². The van der Waals surface area contributed by atoms with E-state index in [4.69, 9.17) is 0 Å². The van der Waals surface area contributed by atoms with Gasteiger partial charge in [0.15, 0.2) is 0 Å². The molecule has 2 heteroatoms. The fourth-order valence-corrected chi connectivity index (χ4v) is 9.65. The lowest BCUT2D eigenvalue weighted by atomic mass is 9.67. The van der Waals surface area contributed by atoms with Crippen molar-refractivity contribution in [1.82, 2.24) is 4.57 Å². The summed E-state index contributed by atoms with van der Waals surface area (Å²) in [4.78, 5) is 2.52. The summed E-state index contributed by atoms with van der Waals surface area (Å²) in [7, 11) is 0. The van der Waals surface area contributed by atoms with Crippen molar-refractivity contribution in [1.29, 1.82) is 0 Å². The summed E-state index contributed by atoms with van der Waals surface area (Å²) in [6.45, 7) is 2.22. The summed E-state index contributed by atoms with van der Waals surface area (Å²) in [5.74, 6) is 0. The molecule has 1 aliphatic rings. The fraction of sp³-hybridized carbons (Fsp3) is 0.0370. The van der Waals surface area contributed by atoms with Gasteiger partial charge in [-0.1, -0.05) is 169 Å². The number of hydrogen-bond donors (Lipinski definition) is 0. The van der Waals surface area contributed by atoms with Crippen molar-refractivity contribution >= 4 is 49.6 Å². The number of hydrogen-bond acceptors (Lipinski definition) is 1. The maximum Gasteiger partial charge on any atom is 0.0714 e. The molecule has 0 radical (unpaired) electrons. The largest absolute Gasteiger partial charge is 0.309 e. The Morgan fingerprint density at radius 3 is 1.70 bits per heavy atom. The minimum atomic E-state index is -0.546. The third-order valence-electron chi connectivity index (χ3n) is 11.9. The van der Waals surface area contributed by atoms with Crippen LogP contribution in [0, 0.1) is 6.92 Å². The van der Waals surface area contributed by atoms with Crippen LogP contribution >= 0.6 is 0 Å². The third kappa shape index (κ3) is 4.63. The van der Waals surface area contributed by atoms with Gasteiger partial charge in [0.05, 0.1) is 27.8 Å². The molecular weight excluding hydrogens is 677 g/mol. The van der Waals surface area contributed by atoms with E-state index in [-0.39, 0.29) is 0 Å². The Kier molecular flexibility index (Phi) is 7.33. The first kappa shape index (κ1) is 32.3. The maximum absolute atomic E-state index is 2.52. The van der Waals surface area contributed by atoms with Crippen molar-refractivity contribution in [3.05, 3.63) is 240 Å². The van der Waals surface area contributed by atoms with Crippen molar-refractivity contribution in [2.24, 2.45) is 0 Å². The highest BCUT2D eigenvalue weighted by molar-refractivity contribution is 6.18. The zero-order valence-corrected chi connectivity index (χ0v) is 31.1. The van der Waals surface area contributed by atoms with Crippen LogP contribution in [0.1, 0.15) is 27.8 Å². The Morgan fingerprint density at radius 1 is 0.429 bits per heavy atom. The third-order valence-corrected chi connectivity index (χ3v) is 11.9. The highest BCUT2D eigenvalue weighted by atomic mass is 15.1. The number of anilines is 3. The molecule has 1 aromatic heterocycles. The summed E-state index contributed by atoms with van der Waals surface area (Å²) in [6, 6.07) is 78.2. The van der Waals surface area contributed by atoms with Crippen LogP contribution < -0.4 is 4.90 Å². The van der Waals surface area contributed by atoms with Gasteiger partial charge in [-0.05, 0) is 94.2 Å². The molecule has 0 atom stereocenters. The van der Waals surface area contributed by atoms with E-state index >= 15 is 0 Å². The van der Waals surface area contributed by atoms with Crippen molar-refractivity contribution in [3.63, 3.8) is 0 Å². The van der Waals surface area contributed by atoms with Crippen LogP contribution in [0.2, 0.25) is 0 Å². The van der Waals surface area contributed by atoms with Gasteiger partial charge in [-0.25, -0.2) is 0 Å². The molecule has 0 amide bonds. The van der Waals surface area contributed by atoms with Crippen molar-refractivity contribution < 1.29 is 0 Å². The minimum absolute atomic E-state index is 0.546. The fourth-order valence-electron chi connectivity index (χ4n) is 9.65. The van der Waals surface area contributed by atoms with Crippen LogP contribution in [0.15, 0.2) is 212 Å². The Morgan fingerprint density at radius 2 is 1.00 bits per heavy atom. The van der Waals surface area contributed by atoms with Gasteiger partial charge >= 0.3 is 0 Å². The van der Waals surface area contributed by atoms with Crippen LogP contribution in [0.25, 0.3) is 49.4 Å². The Hall–Kier alpha value is -7.16. The monoisotopic (exact) mass is 714 g/mol. The van der Waals surface area contributed by atoms with E-state index < -0.39 is 5.41 Å². The molecule has 0 aliphatic heterocycles. The normalized spacial score (nSPS) is 12.9. The number of rotatable bonds is 6. The maximum atomic E-state index is 2.52. The second kappa shape index (κ2) is 12.7. The average Bonchev–Trinajstić information content (AvgIpc) is 3.76. The van der Waals surface area contributed by atoms with E-state index in [0.717, 1.165) is 22.7 Å². The highest BCUT2D eigenvalue weighted by Gasteiger charge is 2.47. The van der Waals surface area contributed by atoms with E-state index in [1.165, 1.54) is 71.5 Å². The summed E-state index contributed by atoms with van der Waals surface area (Å²) >= 11 is 0. The number of fused-ring (bicyclic) bond motifs is 8. The first-order chi connectivity index (χ1) is 27.7. The van der Waals surface area contributed by atoms with Crippen LogP contribution in [0.4, 0.5) is 17.1 Å². The highest BCUT2D eigenvalue weighted by Crippen LogP contribution is 2.60. The van der Waals surface area contributed by atoms with Gasteiger partial charge in [0, 0.05) is 27.5 Å². The SMILES string of the molecule is Cc1ccc2c(c1)C(c1ccccc1)(c1ccccc1)c1cc(N(c3ccccc3)c3cccc4c3c3ccccc3n4-c3ccccc3)c3ccccc3c1-2. The van der Waals surface area contributed by atoms with Crippen LogP contribution in [-0.4, -0.2) is 4.57 Å². The smallest absolute Gasteiger partial charge is 0.0714 e. The van der Waals surface area contributed by atoms with Gasteiger partial charge in [-0.3, -0.25) is 0 Å². The Balaban J connectivity index is 1.30. The zero-order chi connectivity index (χ0) is 37.2. The lowest BCUT2D eigenvalue weighted by Gasteiger charge is -2.35. The zero-order valence-electron chi connectivity index (χ0n) is 31.1. The van der Waals surface area contributed by atoms with Crippen LogP contribution in [0.3, 0.4) is 0 Å². The number of aromatic nitrogens is 1. The standard InChI is InChI=1S/C54H38N2/c1-37-33-34-44-46(35-37)54(38-19-6-2-7-20-38,39-21-8-3-9-22-39)47-36-51(42-27-14-15-28-43(42)52(44)47)56(41-25-12-5-13-26-41)50-32-18-31-49-53(50)45-29-16-17-30-48(45)55(49)40-23-10-4-11-24-40/h2-36H,1H3. The van der Waals surface area contributed by atoms with E-state index in [1.807, 2.05) is 0 Å². The molecule has 0 bridgehead atoms. The van der Waals surface area contributed by atoms with Crippen LogP contribution in [-0.2, 0) is 5.41 Å². The van der Waals surface area contributed by atoms with Crippen molar-refractivity contribution in [3.8, 4) is 16.8 Å². The molecule has 264 valence electrons. The molecular formula is C54H38N2. The molecule has 1 heterocycles. The predicted molar refractivity (Wildman–Crippen MR) is 235 cm³/mol. The Labute approximate surface area is 327 Å². The summed E-state index contributed by atoms with van der Waals surface area (Å²) in [5.41, 5.74) is 15.4. The second-order valence-corrected chi connectivity index (χ2v) is 14.9. The molecule has 0 fully saturated rings. The van der Waals surface area contributed by atoms with E-state index in [2.05, 4.69) is 229 Å². The number of benzene rings is 9. The molecule has 10 aromatic rings. The molecule has 11 rings (SSSR count). The lowest BCUT2D eigenvalue weighted by molar-refractivity contribution is 0.768. The van der Waals surface area contributed by atoms with E-state index in [9.17, 15) is 0 Å². The number of nitrogens with zero attached hydrogens (tertiary/aromatic N) is 2. The van der Waals surface area contributed by atoms with Crippen LogP contribution in [0.5, 0.6) is 0 Å². The molecule has 0 saturated carbocycles. The summed E-state index contributed by atoms with van der Waals surface area (Å²) < 4.78 is 2.41. The summed E-state index contributed by atoms with van der Waals surface area (Å²) in [5, 5.41) is 4.90. The van der Waals surface area contributed by atoms with Gasteiger partial charge < -0.3 is 9.47 Å². The predicted octanol–water partition coefficient (Wildman–Crippen LogP) is 14.1. The average molecular weight is 715 g/mol. The van der Waals surface area contributed by atoms with Crippen molar-refractivity contribution in [2.45, 2.75) is 12.3 Å². The number of para-hydroxylation sites is 3. The molecule has 0 spiro atoms. The molecule has 1 aliphatic carbocycles. The van der Waals surface area contributed by atoms with Gasteiger partial charge in [0.25, 0.3) is 0 Å². The lowest BCUT2D eigenvalue weighted by Crippen LogP contribution is -2.29.